The van der Waals surface area contributed by atoms with Crippen molar-refractivity contribution >= 4 is 21.8 Å². The first-order chi connectivity index (χ1) is 15.7. The molecule has 176 valence electrons. The van der Waals surface area contributed by atoms with Crippen LogP contribution in [-0.2, 0) is 32.7 Å². The van der Waals surface area contributed by atoms with Crippen LogP contribution >= 0.6 is 0 Å². The van der Waals surface area contributed by atoms with Crippen LogP contribution < -0.4 is 9.46 Å². The predicted octanol–water partition coefficient (Wildman–Crippen LogP) is 3.47. The van der Waals surface area contributed by atoms with E-state index in [9.17, 15) is 18.0 Å². The molecule has 2 aromatic carbocycles. The standard InChI is InChI=1S/C25H30N2O5S/c1-16-8-9-18(12-17(16)2)14-26-33(30,31)23-13-19(10-11-22(23)32-3)15-27-24(28)20-6-4-5-7-21(20)25(27)29/h8-13,20-21,26H,4-7,14-15H2,1-3H3. The number of carbonyl (C=O) groups excluding carboxylic acids is 2. The summed E-state index contributed by atoms with van der Waals surface area (Å²) < 4.78 is 34.2. The lowest BCUT2D eigenvalue weighted by Crippen LogP contribution is -2.30. The van der Waals surface area contributed by atoms with Gasteiger partial charge in [0.05, 0.1) is 25.5 Å². The van der Waals surface area contributed by atoms with Crippen molar-refractivity contribution in [2.75, 3.05) is 7.11 Å². The Morgan fingerprint density at radius 1 is 0.939 bits per heavy atom. The summed E-state index contributed by atoms with van der Waals surface area (Å²) in [5.74, 6) is -0.533. The Kier molecular flexibility index (Phi) is 6.59. The smallest absolute Gasteiger partial charge is 0.244 e. The topological polar surface area (TPSA) is 92.8 Å². The van der Waals surface area contributed by atoms with Gasteiger partial charge in [-0.05, 0) is 61.1 Å². The molecule has 2 atom stereocenters. The molecule has 8 heteroatoms. The van der Waals surface area contributed by atoms with E-state index < -0.39 is 10.0 Å². The predicted molar refractivity (Wildman–Crippen MR) is 124 cm³/mol. The molecule has 0 radical (unpaired) electrons. The maximum Gasteiger partial charge on any atom is 0.244 e. The molecule has 0 aromatic heterocycles. The number of methoxy groups -OCH3 is 1. The van der Waals surface area contributed by atoms with Crippen LogP contribution in [-0.4, -0.2) is 32.2 Å². The van der Waals surface area contributed by atoms with Gasteiger partial charge in [0.15, 0.2) is 0 Å². The Morgan fingerprint density at radius 2 is 1.58 bits per heavy atom. The molecule has 1 N–H and O–H groups in total. The molecule has 2 fully saturated rings. The van der Waals surface area contributed by atoms with E-state index in [0.717, 1.165) is 42.4 Å². The van der Waals surface area contributed by atoms with Gasteiger partial charge in [-0.15, -0.1) is 0 Å². The fraction of sp³-hybridized carbons (Fsp3) is 0.440. The van der Waals surface area contributed by atoms with Crippen molar-refractivity contribution in [3.05, 3.63) is 58.7 Å². The summed E-state index contributed by atoms with van der Waals surface area (Å²) >= 11 is 0. The minimum atomic E-state index is -3.89. The van der Waals surface area contributed by atoms with E-state index in [1.54, 1.807) is 12.1 Å². The van der Waals surface area contributed by atoms with Gasteiger partial charge >= 0.3 is 0 Å². The molecule has 1 aliphatic carbocycles. The molecule has 33 heavy (non-hydrogen) atoms. The van der Waals surface area contributed by atoms with Gasteiger partial charge < -0.3 is 4.74 Å². The van der Waals surface area contributed by atoms with Gasteiger partial charge in [0.1, 0.15) is 10.6 Å². The Bertz CT molecular complexity index is 1170. The summed E-state index contributed by atoms with van der Waals surface area (Å²) in [5, 5.41) is 0. The molecule has 1 aliphatic heterocycles. The van der Waals surface area contributed by atoms with Crippen LogP contribution in [0.1, 0.15) is 47.9 Å². The van der Waals surface area contributed by atoms with E-state index in [0.29, 0.717) is 5.56 Å². The number of nitrogens with one attached hydrogen (secondary N) is 1. The number of rotatable bonds is 7. The fourth-order valence-corrected chi connectivity index (χ4v) is 6.00. The molecule has 2 amide bonds. The summed E-state index contributed by atoms with van der Waals surface area (Å²) in [6.45, 7) is 4.19. The van der Waals surface area contributed by atoms with Crippen molar-refractivity contribution in [1.29, 1.82) is 0 Å². The Balaban J connectivity index is 1.55. The summed E-state index contributed by atoms with van der Waals surface area (Å²) in [5.41, 5.74) is 3.66. The molecule has 0 spiro atoms. The Morgan fingerprint density at radius 3 is 2.18 bits per heavy atom. The lowest BCUT2D eigenvalue weighted by molar-refractivity contribution is -0.140. The lowest BCUT2D eigenvalue weighted by Gasteiger charge is -2.19. The number of nitrogens with zero attached hydrogens (tertiary/aromatic N) is 1. The monoisotopic (exact) mass is 470 g/mol. The molecule has 0 bridgehead atoms. The zero-order valence-electron chi connectivity index (χ0n) is 19.3. The van der Waals surface area contributed by atoms with E-state index in [1.165, 1.54) is 18.1 Å². The maximum absolute atomic E-state index is 13.1. The minimum Gasteiger partial charge on any atom is -0.495 e. The largest absolute Gasteiger partial charge is 0.495 e. The molecule has 2 unspecified atom stereocenters. The highest BCUT2D eigenvalue weighted by Gasteiger charge is 2.47. The van der Waals surface area contributed by atoms with Crippen LogP contribution in [0.3, 0.4) is 0 Å². The fourth-order valence-electron chi connectivity index (χ4n) is 4.77. The van der Waals surface area contributed by atoms with Gasteiger partial charge in [0.25, 0.3) is 0 Å². The molecule has 2 aromatic rings. The second-order valence-electron chi connectivity index (χ2n) is 8.99. The van der Waals surface area contributed by atoms with Crippen LogP contribution in [0.2, 0.25) is 0 Å². The van der Waals surface area contributed by atoms with Crippen molar-refractivity contribution in [1.82, 2.24) is 9.62 Å². The van der Waals surface area contributed by atoms with Gasteiger partial charge in [0, 0.05) is 6.54 Å². The number of ether oxygens (including phenoxy) is 1. The number of imide groups is 1. The molecule has 2 aliphatic rings. The van der Waals surface area contributed by atoms with Gasteiger partial charge in [-0.25, -0.2) is 13.1 Å². The van der Waals surface area contributed by atoms with Crippen molar-refractivity contribution in [3.8, 4) is 5.75 Å². The van der Waals surface area contributed by atoms with Crippen molar-refractivity contribution in [2.45, 2.75) is 57.5 Å². The summed E-state index contributed by atoms with van der Waals surface area (Å²) in [7, 11) is -2.48. The number of hydrogen-bond donors (Lipinski definition) is 1. The third-order valence-electron chi connectivity index (χ3n) is 6.83. The lowest BCUT2D eigenvalue weighted by atomic mass is 9.81. The van der Waals surface area contributed by atoms with Gasteiger partial charge in [0.2, 0.25) is 21.8 Å². The first kappa shape index (κ1) is 23.4. The zero-order chi connectivity index (χ0) is 23.8. The average molecular weight is 471 g/mol. The molecule has 1 heterocycles. The summed E-state index contributed by atoms with van der Waals surface area (Å²) in [6, 6.07) is 10.6. The summed E-state index contributed by atoms with van der Waals surface area (Å²) in [6.07, 6.45) is 3.42. The van der Waals surface area contributed by atoms with Crippen molar-refractivity contribution in [3.63, 3.8) is 0 Å². The number of benzene rings is 2. The van der Waals surface area contributed by atoms with Crippen molar-refractivity contribution < 1.29 is 22.7 Å². The van der Waals surface area contributed by atoms with Crippen LogP contribution in [0.4, 0.5) is 0 Å². The third kappa shape index (κ3) is 4.68. The Labute approximate surface area is 195 Å². The highest BCUT2D eigenvalue weighted by Crippen LogP contribution is 2.39. The van der Waals surface area contributed by atoms with E-state index in [-0.39, 0.29) is 47.4 Å². The van der Waals surface area contributed by atoms with Crippen LogP contribution in [0.5, 0.6) is 5.75 Å². The van der Waals surface area contributed by atoms with Gasteiger partial charge in [-0.1, -0.05) is 37.1 Å². The first-order valence-electron chi connectivity index (χ1n) is 11.3. The number of fused-ring (bicyclic) bond motifs is 1. The second kappa shape index (κ2) is 9.27. The molecule has 7 nitrogen and oxygen atoms in total. The summed E-state index contributed by atoms with van der Waals surface area (Å²) in [4.78, 5) is 26.9. The molecular weight excluding hydrogens is 440 g/mol. The van der Waals surface area contributed by atoms with Crippen LogP contribution in [0, 0.1) is 25.7 Å². The molecule has 4 rings (SSSR count). The third-order valence-corrected chi connectivity index (χ3v) is 8.25. The van der Waals surface area contributed by atoms with E-state index in [1.807, 2.05) is 32.0 Å². The highest BCUT2D eigenvalue weighted by atomic mass is 32.2. The quantitative estimate of drug-likeness (QED) is 0.626. The second-order valence-corrected chi connectivity index (χ2v) is 10.7. The molecule has 1 saturated heterocycles. The number of likely N-dealkylation sites (tertiary alicyclic amines) is 1. The number of hydrogen-bond acceptors (Lipinski definition) is 5. The minimum absolute atomic E-state index is 0.0113. The number of amides is 2. The average Bonchev–Trinajstić information content (AvgIpc) is 3.05. The van der Waals surface area contributed by atoms with Crippen LogP contribution in [0.25, 0.3) is 0 Å². The molecular formula is C25H30N2O5S. The number of carbonyl (C=O) groups is 2. The number of sulfonamides is 1. The van der Waals surface area contributed by atoms with Gasteiger partial charge in [-0.2, -0.15) is 0 Å². The van der Waals surface area contributed by atoms with Crippen molar-refractivity contribution in [2.24, 2.45) is 11.8 Å². The number of aryl methyl sites for hydroxylation is 2. The Hall–Kier alpha value is -2.71. The highest BCUT2D eigenvalue weighted by molar-refractivity contribution is 7.89. The maximum atomic E-state index is 13.1. The van der Waals surface area contributed by atoms with Gasteiger partial charge in [-0.3, -0.25) is 14.5 Å². The van der Waals surface area contributed by atoms with E-state index >= 15 is 0 Å². The van der Waals surface area contributed by atoms with E-state index in [4.69, 9.17) is 4.74 Å². The normalized spacial score (nSPS) is 20.8. The zero-order valence-corrected chi connectivity index (χ0v) is 20.1. The molecule has 1 saturated carbocycles. The van der Waals surface area contributed by atoms with E-state index in [2.05, 4.69) is 4.72 Å². The first-order valence-corrected chi connectivity index (χ1v) is 12.8. The van der Waals surface area contributed by atoms with Crippen LogP contribution in [0.15, 0.2) is 41.3 Å². The SMILES string of the molecule is COc1ccc(CN2C(=O)C3CCCCC3C2=O)cc1S(=O)(=O)NCc1ccc(C)c(C)c1.